The standard InChI is InChI=1S/C13H11BrF2N2O/c1-13(2,7-19)18-6-8(14)12(17-18)11-9(15)4-3-5-10(11)16/h3-7H,1-2H3. The molecule has 2 rings (SSSR count). The SMILES string of the molecule is CC(C)(C=O)n1cc(Br)c(-c2c(F)cccc2F)n1. The van der Waals surface area contributed by atoms with Crippen molar-refractivity contribution in [3.63, 3.8) is 0 Å². The van der Waals surface area contributed by atoms with Crippen LogP contribution in [0.4, 0.5) is 8.78 Å². The molecule has 0 amide bonds. The zero-order valence-corrected chi connectivity index (χ0v) is 11.9. The summed E-state index contributed by atoms with van der Waals surface area (Å²) in [6.07, 6.45) is 2.24. The van der Waals surface area contributed by atoms with E-state index in [4.69, 9.17) is 0 Å². The third-order valence-corrected chi connectivity index (χ3v) is 3.33. The van der Waals surface area contributed by atoms with E-state index < -0.39 is 17.2 Å². The van der Waals surface area contributed by atoms with Crippen LogP contribution in [-0.4, -0.2) is 16.1 Å². The maximum Gasteiger partial charge on any atom is 0.147 e. The van der Waals surface area contributed by atoms with Gasteiger partial charge >= 0.3 is 0 Å². The number of benzene rings is 1. The van der Waals surface area contributed by atoms with Gasteiger partial charge in [-0.25, -0.2) is 8.78 Å². The van der Waals surface area contributed by atoms with Crippen molar-refractivity contribution in [2.24, 2.45) is 0 Å². The van der Waals surface area contributed by atoms with E-state index in [1.54, 1.807) is 13.8 Å². The van der Waals surface area contributed by atoms with E-state index >= 15 is 0 Å². The van der Waals surface area contributed by atoms with Crippen LogP contribution in [0.1, 0.15) is 13.8 Å². The minimum absolute atomic E-state index is 0.130. The molecule has 3 nitrogen and oxygen atoms in total. The molecule has 0 bridgehead atoms. The minimum atomic E-state index is -0.886. The Morgan fingerprint density at radius 2 is 1.89 bits per heavy atom. The molecule has 0 aliphatic heterocycles. The number of aldehydes is 1. The molecular formula is C13H11BrF2N2O. The molecule has 0 saturated carbocycles. The number of hydrogen-bond donors (Lipinski definition) is 0. The lowest BCUT2D eigenvalue weighted by molar-refractivity contribution is -0.114. The Kier molecular flexibility index (Phi) is 3.54. The van der Waals surface area contributed by atoms with Crippen molar-refractivity contribution in [1.82, 2.24) is 9.78 Å². The van der Waals surface area contributed by atoms with Crippen LogP contribution in [0, 0.1) is 11.6 Å². The van der Waals surface area contributed by atoms with Gasteiger partial charge in [-0.3, -0.25) is 4.68 Å². The number of nitrogens with zero attached hydrogens (tertiary/aromatic N) is 2. The molecule has 2 aromatic rings. The van der Waals surface area contributed by atoms with Gasteiger partial charge in [-0.1, -0.05) is 6.07 Å². The molecule has 1 aromatic heterocycles. The van der Waals surface area contributed by atoms with Crippen LogP contribution in [-0.2, 0) is 10.3 Å². The Morgan fingerprint density at radius 1 is 1.32 bits per heavy atom. The van der Waals surface area contributed by atoms with Crippen LogP contribution in [0.5, 0.6) is 0 Å². The maximum atomic E-state index is 13.7. The predicted octanol–water partition coefficient (Wildman–Crippen LogP) is 3.52. The molecule has 0 saturated heterocycles. The summed E-state index contributed by atoms with van der Waals surface area (Å²) >= 11 is 3.21. The number of aromatic nitrogens is 2. The van der Waals surface area contributed by atoms with E-state index in [9.17, 15) is 13.6 Å². The summed E-state index contributed by atoms with van der Waals surface area (Å²) in [6, 6.07) is 3.61. The first kappa shape index (κ1) is 13.9. The summed E-state index contributed by atoms with van der Waals surface area (Å²) in [5.74, 6) is -1.40. The Bertz CT molecular complexity index is 617. The zero-order valence-electron chi connectivity index (χ0n) is 10.3. The van der Waals surface area contributed by atoms with Crippen molar-refractivity contribution in [3.8, 4) is 11.3 Å². The lowest BCUT2D eigenvalue weighted by Crippen LogP contribution is -2.28. The third kappa shape index (κ3) is 2.45. The van der Waals surface area contributed by atoms with E-state index in [1.807, 2.05) is 0 Å². The fraction of sp³-hybridized carbons (Fsp3) is 0.231. The van der Waals surface area contributed by atoms with E-state index in [0.717, 1.165) is 12.1 Å². The second-order valence-electron chi connectivity index (χ2n) is 4.64. The molecular weight excluding hydrogens is 318 g/mol. The van der Waals surface area contributed by atoms with Gasteiger partial charge in [0.05, 0.1) is 10.0 Å². The summed E-state index contributed by atoms with van der Waals surface area (Å²) in [5.41, 5.74) is -0.969. The van der Waals surface area contributed by atoms with Crippen molar-refractivity contribution in [1.29, 1.82) is 0 Å². The Morgan fingerprint density at radius 3 is 2.42 bits per heavy atom. The summed E-state index contributed by atoms with van der Waals surface area (Å²) in [5, 5.41) is 4.10. The van der Waals surface area contributed by atoms with Gasteiger partial charge in [-0.15, -0.1) is 0 Å². The lowest BCUT2D eigenvalue weighted by atomic mass is 10.1. The van der Waals surface area contributed by atoms with E-state index in [1.165, 1.54) is 16.9 Å². The van der Waals surface area contributed by atoms with Gasteiger partial charge in [-0.05, 0) is 41.9 Å². The highest BCUT2D eigenvalue weighted by Gasteiger charge is 2.24. The molecule has 1 heterocycles. The molecule has 0 fully saturated rings. The van der Waals surface area contributed by atoms with Crippen LogP contribution in [0.2, 0.25) is 0 Å². The topological polar surface area (TPSA) is 34.9 Å². The van der Waals surface area contributed by atoms with E-state index in [-0.39, 0.29) is 11.3 Å². The lowest BCUT2D eigenvalue weighted by Gasteiger charge is -2.17. The first-order valence-electron chi connectivity index (χ1n) is 5.53. The average Bonchev–Trinajstić information content (AvgIpc) is 2.72. The van der Waals surface area contributed by atoms with Gasteiger partial charge in [-0.2, -0.15) is 5.10 Å². The van der Waals surface area contributed by atoms with Gasteiger partial charge in [0.15, 0.2) is 0 Å². The van der Waals surface area contributed by atoms with Crippen molar-refractivity contribution in [2.75, 3.05) is 0 Å². The smallest absolute Gasteiger partial charge is 0.147 e. The van der Waals surface area contributed by atoms with Crippen LogP contribution in [0.15, 0.2) is 28.9 Å². The maximum absolute atomic E-state index is 13.7. The molecule has 0 radical (unpaired) electrons. The number of halogens is 3. The molecule has 0 N–H and O–H groups in total. The van der Waals surface area contributed by atoms with Crippen LogP contribution >= 0.6 is 15.9 Å². The van der Waals surface area contributed by atoms with Crippen molar-refractivity contribution < 1.29 is 13.6 Å². The molecule has 0 aliphatic carbocycles. The average molecular weight is 329 g/mol. The first-order valence-corrected chi connectivity index (χ1v) is 6.32. The molecule has 0 unspecified atom stereocenters. The van der Waals surface area contributed by atoms with Gasteiger partial charge in [0.25, 0.3) is 0 Å². The van der Waals surface area contributed by atoms with Gasteiger partial charge in [0, 0.05) is 6.20 Å². The number of hydrogen-bond acceptors (Lipinski definition) is 2. The Balaban J connectivity index is 2.62. The molecule has 6 heteroatoms. The molecule has 0 aliphatic rings. The molecule has 1 aromatic carbocycles. The molecule has 0 atom stereocenters. The van der Waals surface area contributed by atoms with Crippen molar-refractivity contribution >= 4 is 22.2 Å². The normalized spacial score (nSPS) is 11.6. The highest BCUT2D eigenvalue weighted by molar-refractivity contribution is 9.10. The second-order valence-corrected chi connectivity index (χ2v) is 5.49. The predicted molar refractivity (Wildman–Crippen MR) is 70.7 cm³/mol. The Hall–Kier alpha value is -1.56. The van der Waals surface area contributed by atoms with Crippen LogP contribution < -0.4 is 0 Å². The first-order chi connectivity index (χ1) is 8.86. The fourth-order valence-corrected chi connectivity index (χ4v) is 2.07. The highest BCUT2D eigenvalue weighted by atomic mass is 79.9. The number of rotatable bonds is 3. The summed E-state index contributed by atoms with van der Waals surface area (Å²) < 4.78 is 29.2. The van der Waals surface area contributed by atoms with Gasteiger partial charge < -0.3 is 4.79 Å². The van der Waals surface area contributed by atoms with Crippen molar-refractivity contribution in [3.05, 3.63) is 40.5 Å². The molecule has 100 valence electrons. The molecule has 0 spiro atoms. The quantitative estimate of drug-likeness (QED) is 0.808. The third-order valence-electron chi connectivity index (χ3n) is 2.75. The van der Waals surface area contributed by atoms with Gasteiger partial charge in [0.2, 0.25) is 0 Å². The fourth-order valence-electron chi connectivity index (χ4n) is 1.60. The van der Waals surface area contributed by atoms with Gasteiger partial charge in [0.1, 0.15) is 29.2 Å². The zero-order chi connectivity index (χ0) is 14.2. The van der Waals surface area contributed by atoms with Crippen LogP contribution in [0.3, 0.4) is 0 Å². The van der Waals surface area contributed by atoms with E-state index in [2.05, 4.69) is 21.0 Å². The molecule has 19 heavy (non-hydrogen) atoms. The highest BCUT2D eigenvalue weighted by Crippen LogP contribution is 2.32. The summed E-state index contributed by atoms with van der Waals surface area (Å²) in [7, 11) is 0. The number of carbonyl (C=O) groups is 1. The Labute approximate surface area is 117 Å². The van der Waals surface area contributed by atoms with E-state index in [0.29, 0.717) is 10.8 Å². The number of carbonyl (C=O) groups excluding carboxylic acids is 1. The minimum Gasteiger partial charge on any atom is -0.301 e. The largest absolute Gasteiger partial charge is 0.301 e. The second kappa shape index (κ2) is 4.85. The summed E-state index contributed by atoms with van der Waals surface area (Å²) in [4.78, 5) is 11.0. The monoisotopic (exact) mass is 328 g/mol. The van der Waals surface area contributed by atoms with Crippen LogP contribution in [0.25, 0.3) is 11.3 Å². The summed E-state index contributed by atoms with van der Waals surface area (Å²) in [6.45, 7) is 3.31. The van der Waals surface area contributed by atoms with Crippen molar-refractivity contribution in [2.45, 2.75) is 19.4 Å².